The van der Waals surface area contributed by atoms with Gasteiger partial charge in [0.25, 0.3) is 0 Å². The Balaban J connectivity index is 2.05. The number of rotatable bonds is 3. The highest BCUT2D eigenvalue weighted by Crippen LogP contribution is 2.36. The summed E-state index contributed by atoms with van der Waals surface area (Å²) >= 11 is 0. The minimum absolute atomic E-state index is 0.241. The molecular weight excluding hydrogens is 217 g/mol. The summed E-state index contributed by atoms with van der Waals surface area (Å²) in [6.07, 6.45) is -0.310. The van der Waals surface area contributed by atoms with Crippen LogP contribution in [0.5, 0.6) is 0 Å². The van der Waals surface area contributed by atoms with Crippen LogP contribution in [0.4, 0.5) is 13.2 Å². The third kappa shape index (κ3) is 2.72. The molecule has 1 saturated carbocycles. The third-order valence-corrected chi connectivity index (χ3v) is 2.78. The summed E-state index contributed by atoms with van der Waals surface area (Å²) in [5, 5.41) is 0. The summed E-state index contributed by atoms with van der Waals surface area (Å²) in [5.74, 6) is 0.638. The van der Waals surface area contributed by atoms with Crippen molar-refractivity contribution in [3.05, 3.63) is 29.6 Å². The summed E-state index contributed by atoms with van der Waals surface area (Å²) < 4.78 is 36.8. The lowest BCUT2D eigenvalue weighted by molar-refractivity contribution is -0.137. The molecule has 1 aliphatic rings. The Morgan fingerprint density at radius 2 is 2.06 bits per heavy atom. The van der Waals surface area contributed by atoms with Crippen LogP contribution in [0.1, 0.15) is 36.6 Å². The van der Waals surface area contributed by atoms with Gasteiger partial charge in [0, 0.05) is 12.2 Å². The topological polar surface area (TPSA) is 38.9 Å². The second kappa shape index (κ2) is 4.05. The summed E-state index contributed by atoms with van der Waals surface area (Å²) in [6.45, 7) is 0. The van der Waals surface area contributed by atoms with Gasteiger partial charge in [-0.15, -0.1) is 0 Å². The number of hydrogen-bond donors (Lipinski definition) is 1. The van der Waals surface area contributed by atoms with E-state index in [4.69, 9.17) is 5.73 Å². The van der Waals surface area contributed by atoms with Crippen LogP contribution in [0.3, 0.4) is 0 Å². The Labute approximate surface area is 91.7 Å². The first-order valence-electron chi connectivity index (χ1n) is 5.25. The number of hydrogen-bond acceptors (Lipinski definition) is 2. The van der Waals surface area contributed by atoms with Gasteiger partial charge in [0.15, 0.2) is 0 Å². The van der Waals surface area contributed by atoms with Gasteiger partial charge >= 0.3 is 6.18 Å². The second-order valence-corrected chi connectivity index (χ2v) is 4.26. The van der Waals surface area contributed by atoms with E-state index in [0.717, 1.165) is 18.7 Å². The standard InChI is InChI=1S/C11H13F3N2/c12-11(13,14)8-3-4-10(16-6-8)9(15)5-7-1-2-7/h3-4,6-7,9H,1-2,5,15H2. The van der Waals surface area contributed by atoms with Crippen molar-refractivity contribution < 1.29 is 13.2 Å². The Hall–Kier alpha value is -1.10. The van der Waals surface area contributed by atoms with Gasteiger partial charge in [-0.05, 0) is 24.5 Å². The van der Waals surface area contributed by atoms with E-state index in [-0.39, 0.29) is 6.04 Å². The van der Waals surface area contributed by atoms with Crippen molar-refractivity contribution in [2.45, 2.75) is 31.5 Å². The Morgan fingerprint density at radius 3 is 2.50 bits per heavy atom. The van der Waals surface area contributed by atoms with Gasteiger partial charge in [0.05, 0.1) is 11.3 Å². The van der Waals surface area contributed by atoms with Crippen molar-refractivity contribution in [1.29, 1.82) is 0 Å². The maximum Gasteiger partial charge on any atom is 0.417 e. The highest BCUT2D eigenvalue weighted by molar-refractivity contribution is 5.18. The number of halogens is 3. The first-order valence-corrected chi connectivity index (χ1v) is 5.25. The van der Waals surface area contributed by atoms with Crippen LogP contribution in [0.2, 0.25) is 0 Å². The van der Waals surface area contributed by atoms with Crippen molar-refractivity contribution in [1.82, 2.24) is 4.98 Å². The van der Waals surface area contributed by atoms with Gasteiger partial charge < -0.3 is 5.73 Å². The molecule has 0 radical (unpaired) electrons. The van der Waals surface area contributed by atoms with Gasteiger partial charge in [0.1, 0.15) is 0 Å². The fourth-order valence-electron chi connectivity index (χ4n) is 1.63. The molecule has 1 aromatic rings. The van der Waals surface area contributed by atoms with Crippen molar-refractivity contribution >= 4 is 0 Å². The largest absolute Gasteiger partial charge is 0.417 e. The van der Waals surface area contributed by atoms with Gasteiger partial charge in [-0.3, -0.25) is 4.98 Å². The van der Waals surface area contributed by atoms with Crippen LogP contribution in [0.25, 0.3) is 0 Å². The molecule has 16 heavy (non-hydrogen) atoms. The van der Waals surface area contributed by atoms with Crippen LogP contribution in [-0.4, -0.2) is 4.98 Å². The van der Waals surface area contributed by atoms with Crippen LogP contribution in [0.15, 0.2) is 18.3 Å². The molecule has 0 aliphatic heterocycles. The zero-order valence-corrected chi connectivity index (χ0v) is 8.67. The molecule has 1 unspecified atom stereocenters. The van der Waals surface area contributed by atoms with E-state index >= 15 is 0 Å². The minimum atomic E-state index is -4.33. The predicted octanol–water partition coefficient (Wildman–Crippen LogP) is 2.90. The Bertz CT molecular complexity index is 354. The Morgan fingerprint density at radius 1 is 1.38 bits per heavy atom. The van der Waals surface area contributed by atoms with Crippen LogP contribution in [0, 0.1) is 5.92 Å². The maximum absolute atomic E-state index is 12.3. The summed E-state index contributed by atoms with van der Waals surface area (Å²) in [5.41, 5.74) is 5.67. The van der Waals surface area contributed by atoms with Gasteiger partial charge in [0.2, 0.25) is 0 Å². The zero-order valence-electron chi connectivity index (χ0n) is 8.67. The molecule has 1 fully saturated rings. The van der Waals surface area contributed by atoms with E-state index in [1.807, 2.05) is 0 Å². The SMILES string of the molecule is NC(CC1CC1)c1ccc(C(F)(F)F)cn1. The number of pyridine rings is 1. The van der Waals surface area contributed by atoms with E-state index in [2.05, 4.69) is 4.98 Å². The molecule has 1 heterocycles. The summed E-state index contributed by atoms with van der Waals surface area (Å²) in [4.78, 5) is 3.78. The average molecular weight is 230 g/mol. The number of nitrogens with two attached hydrogens (primary N) is 1. The smallest absolute Gasteiger partial charge is 0.323 e. The Kier molecular flexibility index (Phi) is 2.88. The van der Waals surface area contributed by atoms with Crippen LogP contribution in [-0.2, 0) is 6.18 Å². The van der Waals surface area contributed by atoms with Crippen molar-refractivity contribution in [3.63, 3.8) is 0 Å². The van der Waals surface area contributed by atoms with E-state index in [1.165, 1.54) is 18.9 Å². The van der Waals surface area contributed by atoms with Crippen LogP contribution < -0.4 is 5.73 Å². The number of aromatic nitrogens is 1. The molecular formula is C11H13F3N2. The van der Waals surface area contributed by atoms with Crippen molar-refractivity contribution in [2.24, 2.45) is 11.7 Å². The molecule has 1 atom stereocenters. The highest BCUT2D eigenvalue weighted by Gasteiger charge is 2.31. The third-order valence-electron chi connectivity index (χ3n) is 2.78. The van der Waals surface area contributed by atoms with E-state index in [1.54, 1.807) is 0 Å². The molecule has 88 valence electrons. The van der Waals surface area contributed by atoms with E-state index < -0.39 is 11.7 Å². The monoisotopic (exact) mass is 230 g/mol. The van der Waals surface area contributed by atoms with Gasteiger partial charge in [-0.1, -0.05) is 12.8 Å². The molecule has 0 bridgehead atoms. The molecule has 0 amide bonds. The zero-order chi connectivity index (χ0) is 11.8. The fourth-order valence-corrected chi connectivity index (χ4v) is 1.63. The quantitative estimate of drug-likeness (QED) is 0.867. The first kappa shape index (κ1) is 11.4. The first-order chi connectivity index (χ1) is 7.47. The number of nitrogens with zero attached hydrogens (tertiary/aromatic N) is 1. The average Bonchev–Trinajstić information content (AvgIpc) is 3.00. The van der Waals surface area contributed by atoms with Gasteiger partial charge in [-0.2, -0.15) is 13.2 Å². The van der Waals surface area contributed by atoms with Crippen LogP contribution >= 0.6 is 0 Å². The van der Waals surface area contributed by atoms with Gasteiger partial charge in [-0.25, -0.2) is 0 Å². The summed E-state index contributed by atoms with van der Waals surface area (Å²) in [6, 6.07) is 2.17. The predicted molar refractivity (Wildman–Crippen MR) is 53.5 cm³/mol. The lowest BCUT2D eigenvalue weighted by Gasteiger charge is -2.11. The molecule has 0 saturated heterocycles. The van der Waals surface area contributed by atoms with Crippen molar-refractivity contribution in [3.8, 4) is 0 Å². The second-order valence-electron chi connectivity index (χ2n) is 4.26. The lowest BCUT2D eigenvalue weighted by atomic mass is 10.1. The maximum atomic E-state index is 12.3. The lowest BCUT2D eigenvalue weighted by Crippen LogP contribution is -2.14. The minimum Gasteiger partial charge on any atom is -0.323 e. The molecule has 1 aromatic heterocycles. The molecule has 5 heteroatoms. The van der Waals surface area contributed by atoms with E-state index in [9.17, 15) is 13.2 Å². The molecule has 2 N–H and O–H groups in total. The molecule has 0 aromatic carbocycles. The van der Waals surface area contributed by atoms with Crippen molar-refractivity contribution in [2.75, 3.05) is 0 Å². The molecule has 1 aliphatic carbocycles. The summed E-state index contributed by atoms with van der Waals surface area (Å²) in [7, 11) is 0. The normalized spacial score (nSPS) is 18.5. The van der Waals surface area contributed by atoms with E-state index in [0.29, 0.717) is 11.6 Å². The fraction of sp³-hybridized carbons (Fsp3) is 0.545. The molecule has 2 nitrogen and oxygen atoms in total. The number of alkyl halides is 3. The molecule has 0 spiro atoms. The molecule has 2 rings (SSSR count). The highest BCUT2D eigenvalue weighted by atomic mass is 19.4.